The van der Waals surface area contributed by atoms with Gasteiger partial charge in [0.15, 0.2) is 0 Å². The number of rotatable bonds is 6. The summed E-state index contributed by atoms with van der Waals surface area (Å²) in [5.41, 5.74) is 5.49. The van der Waals surface area contributed by atoms with Crippen LogP contribution in [0.5, 0.6) is 0 Å². The number of methoxy groups -OCH3 is 1. The fourth-order valence-electron chi connectivity index (χ4n) is 0.853. The fraction of sp³-hybridized carbons (Fsp3) is 0.778. The summed E-state index contributed by atoms with van der Waals surface area (Å²) in [7, 11) is 1.32. The maximum atomic E-state index is 11.1. The van der Waals surface area contributed by atoms with E-state index < -0.39 is 0 Å². The van der Waals surface area contributed by atoms with Gasteiger partial charge in [0.25, 0.3) is 0 Å². The van der Waals surface area contributed by atoms with Crippen molar-refractivity contribution in [1.29, 1.82) is 0 Å². The van der Waals surface area contributed by atoms with Crippen molar-refractivity contribution in [1.82, 2.24) is 5.32 Å². The Morgan fingerprint density at radius 3 is 2.47 bits per heavy atom. The minimum atomic E-state index is -0.322. The van der Waals surface area contributed by atoms with Gasteiger partial charge in [-0.1, -0.05) is 0 Å². The molecule has 1 atom stereocenters. The van der Waals surface area contributed by atoms with E-state index in [4.69, 9.17) is 5.73 Å². The lowest BCUT2D eigenvalue weighted by atomic mass is 10.2. The quantitative estimate of drug-likeness (QED) is 0.649. The first-order valence-corrected chi connectivity index (χ1v) is 4.65. The first kappa shape index (κ1) is 16.6. The Balaban J connectivity index is 0. The summed E-state index contributed by atoms with van der Waals surface area (Å²) in [6.07, 6.45) is 1.27. The van der Waals surface area contributed by atoms with Crippen LogP contribution in [0.1, 0.15) is 26.2 Å². The predicted molar refractivity (Wildman–Crippen MR) is 59.8 cm³/mol. The van der Waals surface area contributed by atoms with Gasteiger partial charge in [-0.05, 0) is 13.3 Å². The third-order valence-electron chi connectivity index (χ3n) is 1.71. The van der Waals surface area contributed by atoms with Crippen molar-refractivity contribution in [3.05, 3.63) is 0 Å². The third kappa shape index (κ3) is 11.1. The van der Waals surface area contributed by atoms with Gasteiger partial charge < -0.3 is 15.8 Å². The molecule has 90 valence electrons. The van der Waals surface area contributed by atoms with Crippen molar-refractivity contribution in [3.8, 4) is 0 Å². The van der Waals surface area contributed by atoms with Crippen molar-refractivity contribution in [2.24, 2.45) is 5.73 Å². The Bertz CT molecular complexity index is 198. The monoisotopic (exact) mass is 238 g/mol. The fourth-order valence-corrected chi connectivity index (χ4v) is 0.853. The minimum Gasteiger partial charge on any atom is -0.469 e. The van der Waals surface area contributed by atoms with Crippen LogP contribution in [0, 0.1) is 0 Å². The van der Waals surface area contributed by atoms with Crippen LogP contribution in [0.3, 0.4) is 0 Å². The van der Waals surface area contributed by atoms with Crippen molar-refractivity contribution < 1.29 is 14.3 Å². The largest absolute Gasteiger partial charge is 0.469 e. The molecule has 0 aliphatic carbocycles. The van der Waals surface area contributed by atoms with Crippen molar-refractivity contribution in [2.75, 3.05) is 13.7 Å². The van der Waals surface area contributed by atoms with Gasteiger partial charge in [0.1, 0.15) is 0 Å². The molecule has 1 amide bonds. The second-order valence-corrected chi connectivity index (χ2v) is 3.19. The van der Waals surface area contributed by atoms with E-state index >= 15 is 0 Å². The van der Waals surface area contributed by atoms with Gasteiger partial charge in [-0.3, -0.25) is 9.59 Å². The van der Waals surface area contributed by atoms with Crippen LogP contribution < -0.4 is 11.1 Å². The number of hydrogen-bond donors (Lipinski definition) is 2. The average Bonchev–Trinajstić information content (AvgIpc) is 2.14. The highest BCUT2D eigenvalue weighted by Gasteiger charge is 2.04. The molecule has 0 aromatic rings. The number of ether oxygens (including phenoxy) is 1. The van der Waals surface area contributed by atoms with Crippen molar-refractivity contribution in [2.45, 2.75) is 32.2 Å². The van der Waals surface area contributed by atoms with Crippen LogP contribution >= 0.6 is 12.4 Å². The molecular weight excluding hydrogens is 220 g/mol. The van der Waals surface area contributed by atoms with Crippen LogP contribution in [-0.4, -0.2) is 31.6 Å². The number of esters is 1. The maximum Gasteiger partial charge on any atom is 0.307 e. The molecule has 0 saturated heterocycles. The predicted octanol–water partition coefficient (Wildman–Crippen LogP) is 0.215. The summed E-state index contributed by atoms with van der Waals surface area (Å²) in [5.74, 6) is -0.399. The van der Waals surface area contributed by atoms with Crippen molar-refractivity contribution in [3.63, 3.8) is 0 Å². The molecular formula is C9H19ClN2O3. The number of carbonyl (C=O) groups excluding carboxylic acids is 2. The van der Waals surface area contributed by atoms with E-state index in [1.807, 2.05) is 6.92 Å². The maximum absolute atomic E-state index is 11.1. The van der Waals surface area contributed by atoms with E-state index in [9.17, 15) is 9.59 Å². The number of nitrogens with two attached hydrogens (primary N) is 1. The van der Waals surface area contributed by atoms with Gasteiger partial charge >= 0.3 is 5.97 Å². The number of carbonyl (C=O) groups is 2. The molecule has 6 heteroatoms. The van der Waals surface area contributed by atoms with Crippen molar-refractivity contribution >= 4 is 24.3 Å². The van der Waals surface area contributed by atoms with E-state index in [1.165, 1.54) is 7.11 Å². The van der Waals surface area contributed by atoms with E-state index in [0.717, 1.165) is 0 Å². The molecule has 0 aromatic carbocycles. The first-order chi connectivity index (χ1) is 6.56. The Kier molecular flexibility index (Phi) is 10.8. The molecule has 0 heterocycles. The molecule has 0 aliphatic rings. The molecule has 0 aliphatic heterocycles. The van der Waals surface area contributed by atoms with Gasteiger partial charge in [-0.2, -0.15) is 0 Å². The normalized spacial score (nSPS) is 11.1. The molecule has 0 saturated carbocycles. The summed E-state index contributed by atoms with van der Waals surface area (Å²) in [6, 6.07) is 0.0290. The molecule has 0 spiro atoms. The van der Waals surface area contributed by atoms with Crippen LogP contribution in [-0.2, 0) is 14.3 Å². The zero-order valence-electron chi connectivity index (χ0n) is 9.12. The Morgan fingerprint density at radius 1 is 1.40 bits per heavy atom. The van der Waals surface area contributed by atoms with Crippen LogP contribution in [0.15, 0.2) is 0 Å². The summed E-state index contributed by atoms with van der Waals surface area (Å²) < 4.78 is 4.42. The molecule has 0 radical (unpaired) electrons. The second-order valence-electron chi connectivity index (χ2n) is 3.19. The highest BCUT2D eigenvalue weighted by atomic mass is 35.5. The van der Waals surface area contributed by atoms with Crippen LogP contribution in [0.4, 0.5) is 0 Å². The Labute approximate surface area is 96.1 Å². The van der Waals surface area contributed by atoms with Gasteiger partial charge in [0.2, 0.25) is 5.91 Å². The average molecular weight is 239 g/mol. The molecule has 0 fully saturated rings. The van der Waals surface area contributed by atoms with E-state index in [1.54, 1.807) is 0 Å². The molecule has 0 bridgehead atoms. The zero-order valence-corrected chi connectivity index (χ0v) is 9.93. The first-order valence-electron chi connectivity index (χ1n) is 4.65. The number of halogens is 1. The van der Waals surface area contributed by atoms with E-state index in [0.29, 0.717) is 19.4 Å². The molecule has 15 heavy (non-hydrogen) atoms. The number of nitrogens with one attached hydrogen (secondary N) is 1. The third-order valence-corrected chi connectivity index (χ3v) is 1.71. The molecule has 0 aromatic heterocycles. The SMILES string of the molecule is COC(=O)CCNC(=O)CCC(C)N.Cl. The van der Waals surface area contributed by atoms with Gasteiger partial charge in [-0.15, -0.1) is 12.4 Å². The number of hydrogen-bond acceptors (Lipinski definition) is 4. The zero-order chi connectivity index (χ0) is 11.0. The standard InChI is InChI=1S/C9H18N2O3.ClH/c1-7(10)3-4-8(12)11-6-5-9(13)14-2;/h7H,3-6,10H2,1-2H3,(H,11,12);1H. The van der Waals surface area contributed by atoms with Crippen LogP contribution in [0.2, 0.25) is 0 Å². The Morgan fingerprint density at radius 2 is 2.00 bits per heavy atom. The topological polar surface area (TPSA) is 81.4 Å². The lowest BCUT2D eigenvalue weighted by Gasteiger charge is -2.05. The molecule has 3 N–H and O–H groups in total. The van der Waals surface area contributed by atoms with E-state index in [2.05, 4.69) is 10.1 Å². The van der Waals surface area contributed by atoms with Gasteiger partial charge in [-0.25, -0.2) is 0 Å². The Hall–Kier alpha value is -0.810. The van der Waals surface area contributed by atoms with Gasteiger partial charge in [0.05, 0.1) is 13.5 Å². The summed E-state index contributed by atoms with van der Waals surface area (Å²) in [4.78, 5) is 21.8. The summed E-state index contributed by atoms with van der Waals surface area (Å²) in [5, 5.41) is 2.61. The molecule has 5 nitrogen and oxygen atoms in total. The van der Waals surface area contributed by atoms with E-state index in [-0.39, 0.29) is 36.7 Å². The molecule has 1 unspecified atom stereocenters. The lowest BCUT2D eigenvalue weighted by Crippen LogP contribution is -2.28. The minimum absolute atomic E-state index is 0. The smallest absolute Gasteiger partial charge is 0.307 e. The summed E-state index contributed by atoms with van der Waals surface area (Å²) in [6.45, 7) is 2.17. The van der Waals surface area contributed by atoms with Crippen LogP contribution in [0.25, 0.3) is 0 Å². The summed E-state index contributed by atoms with van der Waals surface area (Å²) >= 11 is 0. The lowest BCUT2D eigenvalue weighted by molar-refractivity contribution is -0.140. The highest BCUT2D eigenvalue weighted by molar-refractivity contribution is 5.85. The second kappa shape index (κ2) is 9.73. The number of amides is 1. The molecule has 0 rings (SSSR count). The highest BCUT2D eigenvalue weighted by Crippen LogP contribution is 1.92. The van der Waals surface area contributed by atoms with Gasteiger partial charge in [0, 0.05) is 19.0 Å².